The van der Waals surface area contributed by atoms with Crippen LogP contribution in [0.5, 0.6) is 11.5 Å². The molecule has 0 aliphatic rings. The van der Waals surface area contributed by atoms with Crippen molar-refractivity contribution in [1.82, 2.24) is 0 Å². The molecule has 2 aromatic carbocycles. The lowest BCUT2D eigenvalue weighted by Gasteiger charge is -2.07. The molecule has 0 atom stereocenters. The van der Waals surface area contributed by atoms with Crippen molar-refractivity contribution >= 4 is 17.7 Å². The molecule has 0 saturated carbocycles. The van der Waals surface area contributed by atoms with Crippen LogP contribution in [0.2, 0.25) is 0 Å². The Kier molecular flexibility index (Phi) is 6.61. The fourth-order valence-corrected chi connectivity index (χ4v) is 2.09. The smallest absolute Gasteiger partial charge is 0.266 e. The van der Waals surface area contributed by atoms with Crippen LogP contribution in [0.3, 0.4) is 0 Å². The van der Waals surface area contributed by atoms with Gasteiger partial charge in [0.15, 0.2) is 0 Å². The fraction of sp³-hybridized carbons (Fsp3) is 0.200. The Labute approximate surface area is 147 Å². The monoisotopic (exact) mass is 336 g/mol. The summed E-state index contributed by atoms with van der Waals surface area (Å²) < 4.78 is 10.6. The average Bonchev–Trinajstić information content (AvgIpc) is 2.65. The van der Waals surface area contributed by atoms with Gasteiger partial charge in [0.05, 0.1) is 13.7 Å². The molecule has 0 radical (unpaired) electrons. The van der Waals surface area contributed by atoms with Gasteiger partial charge in [0.1, 0.15) is 23.1 Å². The molecule has 128 valence electrons. The first-order valence-electron chi connectivity index (χ1n) is 7.96. The van der Waals surface area contributed by atoms with E-state index in [1.165, 1.54) is 0 Å². The number of nitrogens with zero attached hydrogens (tertiary/aromatic N) is 1. The summed E-state index contributed by atoms with van der Waals surface area (Å²) in [5.74, 6) is 0.920. The second-order valence-electron chi connectivity index (χ2n) is 5.27. The molecule has 0 fully saturated rings. The minimum atomic E-state index is -0.470. The van der Waals surface area contributed by atoms with Crippen LogP contribution in [-0.2, 0) is 4.79 Å². The normalized spacial score (nSPS) is 10.7. The minimum absolute atomic E-state index is 0.0186. The molecular formula is C20H20N2O3. The number of amides is 1. The van der Waals surface area contributed by atoms with Gasteiger partial charge in [-0.25, -0.2) is 0 Å². The van der Waals surface area contributed by atoms with Crippen LogP contribution in [0.25, 0.3) is 6.08 Å². The van der Waals surface area contributed by atoms with E-state index in [-0.39, 0.29) is 5.57 Å². The van der Waals surface area contributed by atoms with Gasteiger partial charge in [0, 0.05) is 11.8 Å². The van der Waals surface area contributed by atoms with Crippen LogP contribution in [0.1, 0.15) is 18.9 Å². The van der Waals surface area contributed by atoms with Crippen LogP contribution >= 0.6 is 0 Å². The van der Waals surface area contributed by atoms with Crippen molar-refractivity contribution in [3.8, 4) is 17.6 Å². The summed E-state index contributed by atoms with van der Waals surface area (Å²) in [4.78, 5) is 12.3. The van der Waals surface area contributed by atoms with E-state index in [4.69, 9.17) is 9.47 Å². The van der Waals surface area contributed by atoms with Crippen LogP contribution in [0, 0.1) is 11.3 Å². The number of hydrogen-bond acceptors (Lipinski definition) is 4. The molecule has 5 nitrogen and oxygen atoms in total. The maximum atomic E-state index is 12.3. The second-order valence-corrected chi connectivity index (χ2v) is 5.27. The van der Waals surface area contributed by atoms with Crippen molar-refractivity contribution in [3.63, 3.8) is 0 Å². The Morgan fingerprint density at radius 2 is 1.96 bits per heavy atom. The number of benzene rings is 2. The van der Waals surface area contributed by atoms with Crippen molar-refractivity contribution in [3.05, 3.63) is 59.7 Å². The van der Waals surface area contributed by atoms with E-state index < -0.39 is 5.91 Å². The van der Waals surface area contributed by atoms with Gasteiger partial charge >= 0.3 is 0 Å². The number of ether oxygens (including phenoxy) is 2. The number of anilines is 1. The number of nitriles is 1. The number of rotatable bonds is 7. The number of nitrogens with one attached hydrogen (secondary N) is 1. The van der Waals surface area contributed by atoms with Crippen LogP contribution in [0.4, 0.5) is 5.69 Å². The molecule has 0 bridgehead atoms. The average molecular weight is 336 g/mol. The zero-order valence-corrected chi connectivity index (χ0v) is 14.3. The first-order valence-corrected chi connectivity index (χ1v) is 7.96. The van der Waals surface area contributed by atoms with Crippen molar-refractivity contribution in [2.45, 2.75) is 13.3 Å². The molecule has 0 aromatic heterocycles. The molecule has 25 heavy (non-hydrogen) atoms. The van der Waals surface area contributed by atoms with Crippen LogP contribution < -0.4 is 14.8 Å². The van der Waals surface area contributed by atoms with Crippen molar-refractivity contribution in [2.24, 2.45) is 0 Å². The highest BCUT2D eigenvalue weighted by Crippen LogP contribution is 2.18. The minimum Gasteiger partial charge on any atom is -0.497 e. The Balaban J connectivity index is 2.10. The predicted molar refractivity (Wildman–Crippen MR) is 97.4 cm³/mol. The molecule has 5 heteroatoms. The lowest BCUT2D eigenvalue weighted by Crippen LogP contribution is -2.13. The highest BCUT2D eigenvalue weighted by molar-refractivity contribution is 6.09. The third-order valence-electron chi connectivity index (χ3n) is 3.36. The van der Waals surface area contributed by atoms with Gasteiger partial charge in [-0.05, 0) is 42.3 Å². The van der Waals surface area contributed by atoms with E-state index in [0.29, 0.717) is 18.0 Å². The Bertz CT molecular complexity index is 789. The molecule has 0 aliphatic heterocycles. The van der Waals surface area contributed by atoms with E-state index >= 15 is 0 Å². The first kappa shape index (κ1) is 18.1. The molecule has 0 saturated heterocycles. The summed E-state index contributed by atoms with van der Waals surface area (Å²) in [7, 11) is 1.55. The largest absolute Gasteiger partial charge is 0.497 e. The van der Waals surface area contributed by atoms with E-state index in [1.807, 2.05) is 25.1 Å². The van der Waals surface area contributed by atoms with Crippen LogP contribution in [-0.4, -0.2) is 19.6 Å². The van der Waals surface area contributed by atoms with Crippen molar-refractivity contribution in [2.75, 3.05) is 19.0 Å². The molecule has 0 heterocycles. The summed E-state index contributed by atoms with van der Waals surface area (Å²) in [5.41, 5.74) is 1.33. The Hall–Kier alpha value is -3.26. The Morgan fingerprint density at radius 3 is 2.60 bits per heavy atom. The van der Waals surface area contributed by atoms with E-state index in [1.54, 1.807) is 49.6 Å². The van der Waals surface area contributed by atoms with E-state index in [0.717, 1.165) is 17.7 Å². The predicted octanol–water partition coefficient (Wildman–Crippen LogP) is 4.03. The summed E-state index contributed by atoms with van der Waals surface area (Å²) in [6.07, 6.45) is 2.48. The summed E-state index contributed by atoms with van der Waals surface area (Å²) in [6, 6.07) is 16.1. The summed E-state index contributed by atoms with van der Waals surface area (Å²) in [6.45, 7) is 2.69. The molecule has 2 rings (SSSR count). The third kappa shape index (κ3) is 5.40. The number of methoxy groups -OCH3 is 1. The molecule has 1 amide bonds. The number of carbonyl (C=O) groups is 1. The Morgan fingerprint density at radius 1 is 1.20 bits per heavy atom. The maximum Gasteiger partial charge on any atom is 0.266 e. The lowest BCUT2D eigenvalue weighted by molar-refractivity contribution is -0.112. The molecule has 2 aromatic rings. The van der Waals surface area contributed by atoms with Gasteiger partial charge in [-0.1, -0.05) is 25.1 Å². The lowest BCUT2D eigenvalue weighted by atomic mass is 10.1. The van der Waals surface area contributed by atoms with E-state index in [9.17, 15) is 10.1 Å². The molecule has 1 N–H and O–H groups in total. The van der Waals surface area contributed by atoms with Crippen molar-refractivity contribution in [1.29, 1.82) is 5.26 Å². The highest BCUT2D eigenvalue weighted by atomic mass is 16.5. The van der Waals surface area contributed by atoms with Gasteiger partial charge in [-0.15, -0.1) is 0 Å². The highest BCUT2D eigenvalue weighted by Gasteiger charge is 2.10. The van der Waals surface area contributed by atoms with E-state index in [2.05, 4.69) is 5.32 Å². The number of carbonyl (C=O) groups excluding carboxylic acids is 1. The zero-order valence-electron chi connectivity index (χ0n) is 14.3. The van der Waals surface area contributed by atoms with Gasteiger partial charge in [-0.3, -0.25) is 4.79 Å². The van der Waals surface area contributed by atoms with Crippen molar-refractivity contribution < 1.29 is 14.3 Å². The molecule has 0 unspecified atom stereocenters. The van der Waals surface area contributed by atoms with Gasteiger partial charge < -0.3 is 14.8 Å². The molecule has 0 spiro atoms. The third-order valence-corrected chi connectivity index (χ3v) is 3.36. The topological polar surface area (TPSA) is 71.3 Å². The summed E-state index contributed by atoms with van der Waals surface area (Å²) >= 11 is 0. The van der Waals surface area contributed by atoms with Gasteiger partial charge in [-0.2, -0.15) is 5.26 Å². The number of hydrogen-bond donors (Lipinski definition) is 1. The van der Waals surface area contributed by atoms with Gasteiger partial charge in [0.25, 0.3) is 5.91 Å². The quantitative estimate of drug-likeness (QED) is 0.612. The SMILES string of the molecule is CCCOc1ccc(/C=C(\C#N)C(=O)Nc2cccc(OC)c2)cc1. The second kappa shape index (κ2) is 9.14. The maximum absolute atomic E-state index is 12.3. The molecule has 0 aliphatic carbocycles. The molecular weight excluding hydrogens is 316 g/mol. The van der Waals surface area contributed by atoms with Gasteiger partial charge in [0.2, 0.25) is 0 Å². The standard InChI is InChI=1S/C20H20N2O3/c1-3-11-25-18-9-7-15(8-10-18)12-16(14-21)20(23)22-17-5-4-6-19(13-17)24-2/h4-10,12-13H,3,11H2,1-2H3,(H,22,23)/b16-12+. The summed E-state index contributed by atoms with van der Waals surface area (Å²) in [5, 5.41) is 12.0. The fourth-order valence-electron chi connectivity index (χ4n) is 2.09. The first-order chi connectivity index (χ1) is 12.2. The zero-order chi connectivity index (χ0) is 18.1. The van der Waals surface area contributed by atoms with Crippen LogP contribution in [0.15, 0.2) is 54.1 Å².